The van der Waals surface area contributed by atoms with Gasteiger partial charge in [0.25, 0.3) is 0 Å². The highest BCUT2D eigenvalue weighted by Gasteiger charge is 2.34. The topological polar surface area (TPSA) is 29.5 Å². The maximum atomic E-state index is 12.9. The predicted molar refractivity (Wildman–Crippen MR) is 63.9 cm³/mol. The molecule has 0 aliphatic rings. The second-order valence-electron chi connectivity index (χ2n) is 3.90. The van der Waals surface area contributed by atoms with Crippen LogP contribution in [-0.2, 0) is 12.8 Å². The Hall–Kier alpha value is -2.01. The molecule has 0 spiro atoms. The molecule has 0 bridgehead atoms. The van der Waals surface area contributed by atoms with Gasteiger partial charge in [-0.05, 0) is 29.8 Å². The molecular weight excluding hydrogens is 257 g/mol. The molecule has 0 aliphatic carbocycles. The van der Waals surface area contributed by atoms with Crippen LogP contribution >= 0.6 is 0 Å². The zero-order valence-corrected chi connectivity index (χ0v) is 9.82. The highest BCUT2D eigenvalue weighted by atomic mass is 19.4. The largest absolute Gasteiger partial charge is 0.457 e. The van der Waals surface area contributed by atoms with Crippen LogP contribution in [0, 0.1) is 0 Å². The molecule has 100 valence electrons. The van der Waals surface area contributed by atoms with Gasteiger partial charge in [-0.25, -0.2) is 0 Å². The number of hydrogen-bond acceptors (Lipinski definition) is 2. The Morgan fingerprint density at radius 1 is 1.00 bits per heavy atom. The third-order valence-corrected chi connectivity index (χ3v) is 2.50. The summed E-state index contributed by atoms with van der Waals surface area (Å²) in [6.45, 7) is -0.450. The van der Waals surface area contributed by atoms with E-state index in [2.05, 4.69) is 0 Å². The van der Waals surface area contributed by atoms with Gasteiger partial charge in [0.2, 0.25) is 0 Å². The number of alkyl halides is 3. The molecule has 2 aromatic rings. The maximum Gasteiger partial charge on any atom is 0.419 e. The van der Waals surface area contributed by atoms with Crippen LogP contribution in [-0.4, -0.2) is 5.11 Å². The average molecular weight is 268 g/mol. The van der Waals surface area contributed by atoms with Gasteiger partial charge in [0.15, 0.2) is 0 Å². The zero-order valence-electron chi connectivity index (χ0n) is 9.82. The van der Waals surface area contributed by atoms with E-state index < -0.39 is 18.3 Å². The van der Waals surface area contributed by atoms with Crippen molar-refractivity contribution >= 4 is 0 Å². The summed E-state index contributed by atoms with van der Waals surface area (Å²) >= 11 is 0. The predicted octanol–water partition coefficient (Wildman–Crippen LogP) is 3.99. The minimum atomic E-state index is -4.53. The van der Waals surface area contributed by atoms with Gasteiger partial charge in [0.1, 0.15) is 11.5 Å². The van der Waals surface area contributed by atoms with E-state index in [1.54, 1.807) is 30.3 Å². The molecular formula is C14H11F3O2. The third kappa shape index (κ3) is 3.26. The fourth-order valence-electron chi connectivity index (χ4n) is 1.60. The summed E-state index contributed by atoms with van der Waals surface area (Å²) in [5, 5.41) is 8.90. The van der Waals surface area contributed by atoms with Crippen molar-refractivity contribution in [3.63, 3.8) is 0 Å². The van der Waals surface area contributed by atoms with E-state index in [1.165, 1.54) is 12.1 Å². The summed E-state index contributed by atoms with van der Waals surface area (Å²) in [5.74, 6) is 0.0423. The molecule has 0 unspecified atom stereocenters. The molecule has 2 rings (SSSR count). The Kier molecular flexibility index (Phi) is 3.76. The lowest BCUT2D eigenvalue weighted by molar-refractivity contribution is -0.138. The normalized spacial score (nSPS) is 11.4. The van der Waals surface area contributed by atoms with Gasteiger partial charge in [0.05, 0.1) is 12.2 Å². The summed E-state index contributed by atoms with van der Waals surface area (Å²) in [7, 11) is 0. The highest BCUT2D eigenvalue weighted by molar-refractivity contribution is 5.42. The molecule has 0 saturated carbocycles. The van der Waals surface area contributed by atoms with Crippen molar-refractivity contribution in [3.05, 3.63) is 59.7 Å². The fourth-order valence-corrected chi connectivity index (χ4v) is 1.60. The molecule has 2 aromatic carbocycles. The van der Waals surface area contributed by atoms with Crippen molar-refractivity contribution in [1.82, 2.24) is 0 Å². The molecule has 0 amide bonds. The second-order valence-corrected chi connectivity index (χ2v) is 3.90. The van der Waals surface area contributed by atoms with Gasteiger partial charge in [-0.15, -0.1) is 0 Å². The van der Waals surface area contributed by atoms with Crippen molar-refractivity contribution in [2.75, 3.05) is 0 Å². The zero-order chi connectivity index (χ0) is 13.9. The number of aliphatic hydroxyl groups is 1. The first-order valence-electron chi connectivity index (χ1n) is 5.54. The lowest BCUT2D eigenvalue weighted by Crippen LogP contribution is -2.08. The van der Waals surface area contributed by atoms with Gasteiger partial charge >= 0.3 is 6.18 Å². The monoisotopic (exact) mass is 268 g/mol. The maximum absolute atomic E-state index is 12.9. The Morgan fingerprint density at radius 3 is 2.26 bits per heavy atom. The molecule has 0 atom stereocenters. The number of ether oxygens (including phenoxy) is 1. The second kappa shape index (κ2) is 5.32. The molecule has 0 aromatic heterocycles. The van der Waals surface area contributed by atoms with E-state index in [9.17, 15) is 13.2 Å². The summed E-state index contributed by atoms with van der Waals surface area (Å²) in [4.78, 5) is 0. The quantitative estimate of drug-likeness (QED) is 0.912. The Morgan fingerprint density at radius 2 is 1.68 bits per heavy atom. The van der Waals surface area contributed by atoms with Crippen molar-refractivity contribution < 1.29 is 23.0 Å². The first kappa shape index (κ1) is 13.4. The summed E-state index contributed by atoms with van der Waals surface area (Å²) in [6.07, 6.45) is -4.53. The van der Waals surface area contributed by atoms with E-state index in [0.29, 0.717) is 5.75 Å². The van der Waals surface area contributed by atoms with Gasteiger partial charge in [-0.3, -0.25) is 0 Å². The summed E-state index contributed by atoms with van der Waals surface area (Å²) < 4.78 is 44.0. The Balaban J connectivity index is 2.40. The molecule has 1 N–H and O–H groups in total. The first-order valence-corrected chi connectivity index (χ1v) is 5.54. The minimum absolute atomic E-state index is 0.188. The van der Waals surface area contributed by atoms with Gasteiger partial charge < -0.3 is 9.84 Å². The molecule has 2 nitrogen and oxygen atoms in total. The first-order chi connectivity index (χ1) is 9.00. The van der Waals surface area contributed by atoms with Crippen molar-refractivity contribution in [3.8, 4) is 11.5 Å². The molecule has 0 saturated heterocycles. The minimum Gasteiger partial charge on any atom is -0.457 e. The number of aliphatic hydroxyl groups excluding tert-OH is 1. The van der Waals surface area contributed by atoms with Gasteiger partial charge in [-0.2, -0.15) is 13.2 Å². The van der Waals surface area contributed by atoms with E-state index in [-0.39, 0.29) is 11.3 Å². The van der Waals surface area contributed by atoms with Crippen molar-refractivity contribution in [1.29, 1.82) is 0 Å². The van der Waals surface area contributed by atoms with E-state index in [4.69, 9.17) is 9.84 Å². The van der Waals surface area contributed by atoms with E-state index >= 15 is 0 Å². The van der Waals surface area contributed by atoms with Crippen LogP contribution in [0.25, 0.3) is 0 Å². The number of benzene rings is 2. The van der Waals surface area contributed by atoms with Crippen LogP contribution in [0.2, 0.25) is 0 Å². The standard InChI is InChI=1S/C14H11F3O2/c15-14(16,17)12-8-10(9-18)6-7-13(12)19-11-4-2-1-3-5-11/h1-8,18H,9H2. The van der Waals surface area contributed by atoms with E-state index in [0.717, 1.165) is 6.07 Å². The van der Waals surface area contributed by atoms with Crippen LogP contribution in [0.1, 0.15) is 11.1 Å². The highest BCUT2D eigenvalue weighted by Crippen LogP contribution is 2.38. The molecule has 19 heavy (non-hydrogen) atoms. The molecule has 0 heterocycles. The van der Waals surface area contributed by atoms with Crippen molar-refractivity contribution in [2.24, 2.45) is 0 Å². The van der Waals surface area contributed by atoms with Crippen LogP contribution in [0.5, 0.6) is 11.5 Å². The van der Waals surface area contributed by atoms with Crippen molar-refractivity contribution in [2.45, 2.75) is 12.8 Å². The number of halogens is 3. The fraction of sp³-hybridized carbons (Fsp3) is 0.143. The molecule has 0 aliphatic heterocycles. The molecule has 0 fully saturated rings. The SMILES string of the molecule is OCc1ccc(Oc2ccccc2)c(C(F)(F)F)c1. The van der Waals surface area contributed by atoms with Gasteiger partial charge in [0, 0.05) is 0 Å². The lowest BCUT2D eigenvalue weighted by Gasteiger charge is -2.14. The lowest BCUT2D eigenvalue weighted by atomic mass is 10.1. The number of hydrogen-bond donors (Lipinski definition) is 1. The Bertz CT molecular complexity index is 550. The third-order valence-electron chi connectivity index (χ3n) is 2.50. The van der Waals surface area contributed by atoms with Gasteiger partial charge in [-0.1, -0.05) is 24.3 Å². The summed E-state index contributed by atoms with van der Waals surface area (Å²) in [5.41, 5.74) is -0.712. The molecule has 5 heteroatoms. The van der Waals surface area contributed by atoms with Crippen LogP contribution < -0.4 is 4.74 Å². The van der Waals surface area contributed by atoms with Crippen LogP contribution in [0.4, 0.5) is 13.2 Å². The number of rotatable bonds is 3. The Labute approximate surface area is 108 Å². The van der Waals surface area contributed by atoms with E-state index in [1.807, 2.05) is 0 Å². The van der Waals surface area contributed by atoms with Crippen LogP contribution in [0.15, 0.2) is 48.5 Å². The number of para-hydroxylation sites is 1. The molecule has 0 radical (unpaired) electrons. The summed E-state index contributed by atoms with van der Waals surface area (Å²) in [6, 6.07) is 11.7. The van der Waals surface area contributed by atoms with Crippen LogP contribution in [0.3, 0.4) is 0 Å². The average Bonchev–Trinajstić information content (AvgIpc) is 2.39. The smallest absolute Gasteiger partial charge is 0.419 e.